The van der Waals surface area contributed by atoms with Crippen LogP contribution in [0.4, 0.5) is 5.69 Å². The quantitative estimate of drug-likeness (QED) is 0.643. The van der Waals surface area contributed by atoms with Gasteiger partial charge in [0.25, 0.3) is 5.56 Å². The Hall–Kier alpha value is -2.80. The summed E-state index contributed by atoms with van der Waals surface area (Å²) >= 11 is 1.60. The summed E-state index contributed by atoms with van der Waals surface area (Å²) in [4.78, 5) is 44.1. The van der Waals surface area contributed by atoms with E-state index in [9.17, 15) is 14.4 Å². The molecule has 6 nitrogen and oxygen atoms in total. The summed E-state index contributed by atoms with van der Waals surface area (Å²) in [5.41, 5.74) is 2.16. The zero-order valence-electron chi connectivity index (χ0n) is 16.5. The first-order valence-corrected chi connectivity index (χ1v) is 10.7. The highest BCUT2D eigenvalue weighted by molar-refractivity contribution is 7.18. The van der Waals surface area contributed by atoms with Gasteiger partial charge in [0.05, 0.1) is 11.7 Å². The Morgan fingerprint density at radius 1 is 1.21 bits per heavy atom. The van der Waals surface area contributed by atoms with E-state index in [1.54, 1.807) is 35.6 Å². The van der Waals surface area contributed by atoms with E-state index in [1.807, 2.05) is 6.92 Å². The van der Waals surface area contributed by atoms with E-state index in [-0.39, 0.29) is 17.2 Å². The third-order valence-electron chi connectivity index (χ3n) is 5.48. The number of benzene rings is 1. The summed E-state index contributed by atoms with van der Waals surface area (Å²) in [6, 6.07) is 6.10. The fourth-order valence-electron chi connectivity index (χ4n) is 3.90. The van der Waals surface area contributed by atoms with Gasteiger partial charge in [-0.05, 0) is 68.9 Å². The highest BCUT2D eigenvalue weighted by atomic mass is 32.1. The van der Waals surface area contributed by atoms with Gasteiger partial charge in [-0.3, -0.25) is 19.0 Å². The highest BCUT2D eigenvalue weighted by Crippen LogP contribution is 2.33. The van der Waals surface area contributed by atoms with Crippen molar-refractivity contribution in [1.29, 1.82) is 0 Å². The minimum atomic E-state index is -0.647. The number of nitrogens with one attached hydrogen (secondary N) is 1. The Balaban J connectivity index is 1.65. The summed E-state index contributed by atoms with van der Waals surface area (Å²) in [5.74, 6) is -0.297. The van der Waals surface area contributed by atoms with E-state index >= 15 is 0 Å². The van der Waals surface area contributed by atoms with Gasteiger partial charge in [0.15, 0.2) is 5.78 Å². The number of carbonyl (C=O) groups is 2. The first-order chi connectivity index (χ1) is 14.0. The van der Waals surface area contributed by atoms with Crippen LogP contribution in [0.1, 0.15) is 60.0 Å². The Kier molecular flexibility index (Phi) is 5.32. The third-order valence-corrected chi connectivity index (χ3v) is 6.68. The molecule has 1 amide bonds. The molecule has 1 unspecified atom stereocenters. The number of ketones is 1. The Bertz CT molecular complexity index is 1140. The van der Waals surface area contributed by atoms with E-state index in [2.05, 4.69) is 10.3 Å². The van der Waals surface area contributed by atoms with E-state index in [0.29, 0.717) is 23.1 Å². The molecule has 1 atom stereocenters. The van der Waals surface area contributed by atoms with Gasteiger partial charge in [-0.25, -0.2) is 4.98 Å². The van der Waals surface area contributed by atoms with Crippen molar-refractivity contribution < 1.29 is 9.59 Å². The number of rotatable bonds is 5. The van der Waals surface area contributed by atoms with Crippen molar-refractivity contribution >= 4 is 38.9 Å². The zero-order valence-corrected chi connectivity index (χ0v) is 17.3. The molecule has 1 aliphatic rings. The minimum Gasteiger partial charge on any atom is -0.324 e. The Morgan fingerprint density at radius 3 is 2.62 bits per heavy atom. The van der Waals surface area contributed by atoms with Crippen LogP contribution in [0.3, 0.4) is 0 Å². The van der Waals surface area contributed by atoms with Crippen LogP contribution in [-0.4, -0.2) is 21.2 Å². The molecule has 150 valence electrons. The Morgan fingerprint density at radius 2 is 1.93 bits per heavy atom. The minimum absolute atomic E-state index is 0.0284. The normalized spacial score (nSPS) is 14.4. The van der Waals surface area contributed by atoms with Crippen molar-refractivity contribution in [3.8, 4) is 0 Å². The summed E-state index contributed by atoms with van der Waals surface area (Å²) in [7, 11) is 0. The third kappa shape index (κ3) is 3.62. The van der Waals surface area contributed by atoms with E-state index in [4.69, 9.17) is 0 Å². The predicted octanol–water partition coefficient (Wildman–Crippen LogP) is 4.13. The second-order valence-electron chi connectivity index (χ2n) is 7.39. The largest absolute Gasteiger partial charge is 0.324 e. The molecule has 0 spiro atoms. The first kappa shape index (κ1) is 19.5. The van der Waals surface area contributed by atoms with Crippen LogP contribution in [0, 0.1) is 0 Å². The van der Waals surface area contributed by atoms with Crippen LogP contribution in [0.5, 0.6) is 0 Å². The second-order valence-corrected chi connectivity index (χ2v) is 8.48. The van der Waals surface area contributed by atoms with Crippen molar-refractivity contribution in [3.63, 3.8) is 0 Å². The smallest absolute Gasteiger partial charge is 0.263 e. The molecule has 3 aromatic rings. The number of carbonyl (C=O) groups excluding carboxylic acids is 2. The monoisotopic (exact) mass is 409 g/mol. The number of aromatic nitrogens is 2. The number of hydrogen-bond acceptors (Lipinski definition) is 5. The molecular weight excluding hydrogens is 386 g/mol. The van der Waals surface area contributed by atoms with Crippen LogP contribution in [0.2, 0.25) is 0 Å². The lowest BCUT2D eigenvalue weighted by Gasteiger charge is -2.18. The molecule has 7 heteroatoms. The summed E-state index contributed by atoms with van der Waals surface area (Å²) in [5, 5.41) is 3.54. The van der Waals surface area contributed by atoms with Crippen LogP contribution < -0.4 is 10.9 Å². The molecule has 0 bridgehead atoms. The average Bonchev–Trinajstić information content (AvgIpc) is 3.10. The molecule has 29 heavy (non-hydrogen) atoms. The highest BCUT2D eigenvalue weighted by Gasteiger charge is 2.25. The molecule has 4 rings (SSSR count). The van der Waals surface area contributed by atoms with Gasteiger partial charge in [0.2, 0.25) is 5.91 Å². The van der Waals surface area contributed by atoms with Gasteiger partial charge >= 0.3 is 0 Å². The van der Waals surface area contributed by atoms with Crippen molar-refractivity contribution in [2.45, 2.75) is 52.0 Å². The molecule has 0 radical (unpaired) electrons. The van der Waals surface area contributed by atoms with Crippen molar-refractivity contribution in [3.05, 3.63) is 57.0 Å². The number of thiophene rings is 1. The lowest BCUT2D eigenvalue weighted by molar-refractivity contribution is -0.119. The van der Waals surface area contributed by atoms with Crippen LogP contribution in [0.25, 0.3) is 10.2 Å². The van der Waals surface area contributed by atoms with Gasteiger partial charge in [-0.1, -0.05) is 6.92 Å². The maximum Gasteiger partial charge on any atom is 0.263 e. The van der Waals surface area contributed by atoms with E-state index in [1.165, 1.54) is 22.7 Å². The maximum absolute atomic E-state index is 13.3. The van der Waals surface area contributed by atoms with Crippen molar-refractivity contribution in [1.82, 2.24) is 9.55 Å². The number of amides is 1. The Labute approximate surface area is 172 Å². The number of nitrogens with zero attached hydrogens (tertiary/aromatic N) is 2. The number of aryl methyl sites for hydroxylation is 2. The zero-order chi connectivity index (χ0) is 20.5. The number of hydrogen-bond donors (Lipinski definition) is 1. The molecule has 1 aromatic carbocycles. The molecule has 2 heterocycles. The van der Waals surface area contributed by atoms with Crippen molar-refractivity contribution in [2.24, 2.45) is 0 Å². The standard InChI is InChI=1S/C22H23N3O3S/c1-3-17(20(27)24-15-10-8-14(9-11-15)13(2)26)25-12-23-21-19(22(25)28)16-6-4-5-7-18(16)29-21/h8-12,17H,3-7H2,1-2H3,(H,24,27). The van der Waals surface area contributed by atoms with Crippen molar-refractivity contribution in [2.75, 3.05) is 5.32 Å². The maximum atomic E-state index is 13.3. The van der Waals surface area contributed by atoms with Crippen LogP contribution in [0.15, 0.2) is 35.4 Å². The van der Waals surface area contributed by atoms with Crippen LogP contribution in [-0.2, 0) is 17.6 Å². The molecule has 0 saturated heterocycles. The topological polar surface area (TPSA) is 81.1 Å². The van der Waals surface area contributed by atoms with Gasteiger partial charge in [-0.15, -0.1) is 11.3 Å². The number of Topliss-reactive ketones (excluding diaryl/α,β-unsaturated/α-hetero) is 1. The van der Waals surface area contributed by atoms with E-state index in [0.717, 1.165) is 36.1 Å². The van der Waals surface area contributed by atoms with Gasteiger partial charge in [0, 0.05) is 16.1 Å². The van der Waals surface area contributed by atoms with Crippen LogP contribution >= 0.6 is 11.3 Å². The molecule has 0 aliphatic heterocycles. The fourth-order valence-corrected chi connectivity index (χ4v) is 5.12. The number of anilines is 1. The molecule has 1 N–H and O–H groups in total. The van der Waals surface area contributed by atoms with Gasteiger partial charge in [0.1, 0.15) is 10.9 Å². The van der Waals surface area contributed by atoms with Gasteiger partial charge < -0.3 is 5.32 Å². The molecule has 2 aromatic heterocycles. The number of fused-ring (bicyclic) bond motifs is 3. The summed E-state index contributed by atoms with van der Waals surface area (Å²) in [6.45, 7) is 3.38. The molecule has 0 saturated carbocycles. The molecule has 1 aliphatic carbocycles. The average molecular weight is 410 g/mol. The molecular formula is C22H23N3O3S. The molecule has 0 fully saturated rings. The van der Waals surface area contributed by atoms with Gasteiger partial charge in [-0.2, -0.15) is 0 Å². The predicted molar refractivity (Wildman–Crippen MR) is 115 cm³/mol. The second kappa shape index (κ2) is 7.91. The first-order valence-electron chi connectivity index (χ1n) is 9.92. The lowest BCUT2D eigenvalue weighted by Crippen LogP contribution is -2.33. The summed E-state index contributed by atoms with van der Waals surface area (Å²) in [6.07, 6.45) is 6.11. The van der Waals surface area contributed by atoms with E-state index < -0.39 is 6.04 Å². The SMILES string of the molecule is CCC(C(=O)Nc1ccc(C(C)=O)cc1)n1cnc2sc3c(c2c1=O)CCCC3. The lowest BCUT2D eigenvalue weighted by atomic mass is 9.97. The fraction of sp³-hybridized carbons (Fsp3) is 0.364. The summed E-state index contributed by atoms with van der Waals surface area (Å²) < 4.78 is 1.46.